The molecule has 8 heteroatoms. The number of hydrogen-bond acceptors (Lipinski definition) is 8. The molecule has 1 aromatic carbocycles. The fourth-order valence-corrected chi connectivity index (χ4v) is 4.87. The molecule has 0 bridgehead atoms. The van der Waals surface area contributed by atoms with Gasteiger partial charge in [0.25, 0.3) is 0 Å². The topological polar surface area (TPSA) is 122 Å². The van der Waals surface area contributed by atoms with Crippen molar-refractivity contribution >= 4 is 28.4 Å². The number of benzene rings is 2. The normalized spacial score (nSPS) is 21.1. The van der Waals surface area contributed by atoms with Gasteiger partial charge in [0.05, 0.1) is 11.3 Å². The summed E-state index contributed by atoms with van der Waals surface area (Å²) in [5.41, 5.74) is 7.90. The Balaban J connectivity index is 1.75. The summed E-state index contributed by atoms with van der Waals surface area (Å²) in [6, 6.07) is 3.51. The van der Waals surface area contributed by atoms with Gasteiger partial charge in [0, 0.05) is 24.3 Å². The number of anilines is 1. The van der Waals surface area contributed by atoms with E-state index in [2.05, 4.69) is 0 Å². The highest BCUT2D eigenvalue weighted by molar-refractivity contribution is 6.11. The molecule has 8 nitrogen and oxygen atoms in total. The van der Waals surface area contributed by atoms with Gasteiger partial charge in [-0.3, -0.25) is 14.4 Å². The fourth-order valence-electron chi connectivity index (χ4n) is 4.87. The number of Topliss-reactive ketones (excluding diaryl/α,β-unsaturated/α-hetero) is 2. The van der Waals surface area contributed by atoms with Crippen LogP contribution in [-0.2, 0) is 9.47 Å². The molecule has 1 aromatic rings. The van der Waals surface area contributed by atoms with Gasteiger partial charge in [-0.05, 0) is 64.0 Å². The van der Waals surface area contributed by atoms with Crippen LogP contribution < -0.4 is 11.2 Å². The van der Waals surface area contributed by atoms with Gasteiger partial charge in [-0.15, -0.1) is 0 Å². The van der Waals surface area contributed by atoms with Gasteiger partial charge in [-0.1, -0.05) is 6.07 Å². The van der Waals surface area contributed by atoms with Gasteiger partial charge in [-0.25, -0.2) is 4.98 Å². The lowest BCUT2D eigenvalue weighted by Gasteiger charge is -2.24. The van der Waals surface area contributed by atoms with Crippen molar-refractivity contribution in [1.29, 1.82) is 0 Å². The lowest BCUT2D eigenvalue weighted by atomic mass is 9.92. The number of nitrogen functional groups attached to an aromatic ring is 1. The molecule has 0 saturated carbocycles. The van der Waals surface area contributed by atoms with Gasteiger partial charge in [0.2, 0.25) is 5.43 Å². The summed E-state index contributed by atoms with van der Waals surface area (Å²) in [6.07, 6.45) is 3.56. The minimum absolute atomic E-state index is 0.0111. The average Bonchev–Trinajstić information content (AvgIpc) is 2.87. The van der Waals surface area contributed by atoms with Crippen LogP contribution in [0.5, 0.6) is 0 Å². The van der Waals surface area contributed by atoms with E-state index in [-0.39, 0.29) is 39.8 Å². The number of ether oxygens (including phenoxy) is 2. The van der Waals surface area contributed by atoms with Gasteiger partial charge in [-0.2, -0.15) is 0 Å². The standard InChI is InChI=1S/C26H28N2O6/c1-13-9-10-15(23(30)16-7-3-5-11-32-16)20-25(13)34-26-14(2)22(29)19(27)18(21(26)28-20)24(31)17-8-4-6-12-33-17/h9-10,16-17H,3-8,11-12,27H2,1-2H3/t16-,17+/m1/s1. The minimum Gasteiger partial charge on any atom is -0.452 e. The third-order valence-corrected chi connectivity index (χ3v) is 6.86. The van der Waals surface area contributed by atoms with E-state index in [4.69, 9.17) is 24.6 Å². The number of ketones is 2. The van der Waals surface area contributed by atoms with Crippen molar-refractivity contribution in [3.05, 3.63) is 44.6 Å². The number of fused-ring (bicyclic) bond motifs is 2. The fraction of sp³-hybridized carbons (Fsp3) is 0.462. The third kappa shape index (κ3) is 3.71. The SMILES string of the molecule is Cc1c2oc3c(C)ccc(C(=O)[C@H]4CCCCO4)c3nc-2c(C(=O)[C@@H]2CCCCO2)c(N)c1=O. The Hall–Kier alpha value is -3.10. The Labute approximate surface area is 196 Å². The lowest BCUT2D eigenvalue weighted by Crippen LogP contribution is -2.31. The molecule has 34 heavy (non-hydrogen) atoms. The van der Waals surface area contributed by atoms with Crippen molar-refractivity contribution < 1.29 is 23.5 Å². The van der Waals surface area contributed by atoms with Gasteiger partial charge in [0.1, 0.15) is 23.4 Å². The quantitative estimate of drug-likeness (QED) is 0.349. The number of hydrogen-bond donors (Lipinski definition) is 1. The first-order chi connectivity index (χ1) is 16.4. The van der Waals surface area contributed by atoms with E-state index < -0.39 is 17.6 Å². The predicted molar refractivity (Wildman–Crippen MR) is 127 cm³/mol. The van der Waals surface area contributed by atoms with Crippen molar-refractivity contribution in [3.63, 3.8) is 0 Å². The van der Waals surface area contributed by atoms with E-state index in [9.17, 15) is 14.4 Å². The molecule has 5 rings (SSSR count). The number of carbonyl (C=O) groups excluding carboxylic acids is 2. The summed E-state index contributed by atoms with van der Waals surface area (Å²) in [5.74, 6) is -0.342. The van der Waals surface area contributed by atoms with Crippen molar-refractivity contribution in [2.24, 2.45) is 0 Å². The maximum Gasteiger partial charge on any atom is 0.208 e. The Bertz CT molecular complexity index is 1320. The molecule has 2 fully saturated rings. The van der Waals surface area contributed by atoms with Crippen LogP contribution >= 0.6 is 0 Å². The third-order valence-electron chi connectivity index (χ3n) is 6.86. The van der Waals surface area contributed by atoms with Crippen molar-refractivity contribution in [1.82, 2.24) is 4.98 Å². The van der Waals surface area contributed by atoms with Crippen molar-refractivity contribution in [2.45, 2.75) is 64.6 Å². The van der Waals surface area contributed by atoms with Crippen LogP contribution in [0.15, 0.2) is 21.3 Å². The molecule has 0 spiro atoms. The summed E-state index contributed by atoms with van der Waals surface area (Å²) in [7, 11) is 0. The molecule has 3 heterocycles. The molecule has 2 atom stereocenters. The number of rotatable bonds is 4. The first-order valence-corrected chi connectivity index (χ1v) is 11.9. The van der Waals surface area contributed by atoms with Crippen LogP contribution in [0.1, 0.15) is 70.4 Å². The molecule has 178 valence electrons. The Morgan fingerprint density at radius 2 is 1.62 bits per heavy atom. The summed E-state index contributed by atoms with van der Waals surface area (Å²) in [5, 5.41) is 0. The molecule has 1 aliphatic carbocycles. The van der Waals surface area contributed by atoms with Crippen LogP contribution in [0.25, 0.3) is 22.6 Å². The van der Waals surface area contributed by atoms with E-state index in [0.717, 1.165) is 31.2 Å². The van der Waals surface area contributed by atoms with Gasteiger partial charge < -0.3 is 19.6 Å². The van der Waals surface area contributed by atoms with Crippen LogP contribution in [0, 0.1) is 13.8 Å². The van der Waals surface area contributed by atoms with Crippen LogP contribution in [0.4, 0.5) is 5.69 Å². The highest BCUT2D eigenvalue weighted by Gasteiger charge is 2.34. The Morgan fingerprint density at radius 1 is 0.971 bits per heavy atom. The number of nitrogens with zero attached hydrogens (tertiary/aromatic N) is 1. The smallest absolute Gasteiger partial charge is 0.208 e. The average molecular weight is 465 g/mol. The molecule has 4 aliphatic rings. The van der Waals surface area contributed by atoms with E-state index in [1.165, 1.54) is 0 Å². The van der Waals surface area contributed by atoms with E-state index in [0.29, 0.717) is 42.7 Å². The van der Waals surface area contributed by atoms with Crippen LogP contribution in [-0.4, -0.2) is 42.0 Å². The second-order valence-electron chi connectivity index (χ2n) is 9.18. The van der Waals surface area contributed by atoms with Crippen LogP contribution in [0.3, 0.4) is 0 Å². The minimum atomic E-state index is -0.687. The largest absolute Gasteiger partial charge is 0.452 e. The van der Waals surface area contributed by atoms with Gasteiger partial charge >= 0.3 is 0 Å². The second-order valence-corrected chi connectivity index (χ2v) is 9.18. The summed E-state index contributed by atoms with van der Waals surface area (Å²) in [6.45, 7) is 4.47. The highest BCUT2D eigenvalue weighted by atomic mass is 16.5. The maximum absolute atomic E-state index is 13.5. The van der Waals surface area contributed by atoms with Gasteiger partial charge in [0.15, 0.2) is 22.9 Å². The Kier molecular flexibility index (Phi) is 5.95. The number of carbonyl (C=O) groups is 2. The summed E-state index contributed by atoms with van der Waals surface area (Å²) < 4.78 is 17.6. The molecule has 0 radical (unpaired) electrons. The molecule has 0 unspecified atom stereocenters. The first-order valence-electron chi connectivity index (χ1n) is 11.9. The van der Waals surface area contributed by atoms with Crippen molar-refractivity contribution in [3.8, 4) is 11.5 Å². The van der Waals surface area contributed by atoms with Crippen molar-refractivity contribution in [2.75, 3.05) is 18.9 Å². The molecular formula is C26H28N2O6. The maximum atomic E-state index is 13.5. The summed E-state index contributed by atoms with van der Waals surface area (Å²) >= 11 is 0. The number of nitrogens with two attached hydrogens (primary N) is 1. The zero-order chi connectivity index (χ0) is 24.0. The zero-order valence-electron chi connectivity index (χ0n) is 19.4. The molecule has 2 saturated heterocycles. The molecule has 0 amide bonds. The Morgan fingerprint density at radius 3 is 2.24 bits per heavy atom. The van der Waals surface area contributed by atoms with E-state index >= 15 is 0 Å². The second kappa shape index (κ2) is 8.92. The molecule has 0 aromatic heterocycles. The highest BCUT2D eigenvalue weighted by Crippen LogP contribution is 2.36. The monoisotopic (exact) mass is 464 g/mol. The predicted octanol–water partition coefficient (Wildman–Crippen LogP) is 4.00. The lowest BCUT2D eigenvalue weighted by molar-refractivity contribution is 0.0187. The van der Waals surface area contributed by atoms with E-state index in [1.54, 1.807) is 19.1 Å². The van der Waals surface area contributed by atoms with E-state index in [1.807, 2.05) is 6.92 Å². The molecular weight excluding hydrogens is 436 g/mol. The number of aryl methyl sites for hydroxylation is 1. The molecule has 2 N–H and O–H groups in total. The first kappa shape index (κ1) is 22.7. The number of aromatic nitrogens is 1. The summed E-state index contributed by atoms with van der Waals surface area (Å²) in [4.78, 5) is 44.5. The zero-order valence-corrected chi connectivity index (χ0v) is 19.4. The molecule has 3 aliphatic heterocycles. The van der Waals surface area contributed by atoms with Crippen LogP contribution in [0.2, 0.25) is 0 Å².